The molecule has 0 aliphatic rings. The number of hydrogen-bond acceptors (Lipinski definition) is 3. The van der Waals surface area contributed by atoms with E-state index in [0.717, 1.165) is 7.11 Å². The molecule has 1 rings (SSSR count). The summed E-state index contributed by atoms with van der Waals surface area (Å²) < 4.78 is 18.4. The van der Waals surface area contributed by atoms with Crippen molar-refractivity contribution in [2.24, 2.45) is 0 Å². The fourth-order valence-electron chi connectivity index (χ4n) is 1.19. The Morgan fingerprint density at radius 2 is 2.20 bits per heavy atom. The second-order valence-electron chi connectivity index (χ2n) is 3.19. The molecule has 0 fully saturated rings. The van der Waals surface area contributed by atoms with Crippen molar-refractivity contribution in [1.29, 1.82) is 0 Å². The van der Waals surface area contributed by atoms with Gasteiger partial charge in [-0.05, 0) is 19.1 Å². The van der Waals surface area contributed by atoms with Crippen molar-refractivity contribution >= 4 is 21.9 Å². The van der Waals surface area contributed by atoms with Gasteiger partial charge in [0.1, 0.15) is 5.82 Å². The summed E-state index contributed by atoms with van der Waals surface area (Å²) in [5, 5.41) is 9.80. The summed E-state index contributed by atoms with van der Waals surface area (Å²) in [5.74, 6) is -1.57. The van der Waals surface area contributed by atoms with Crippen LogP contribution in [0.4, 0.5) is 4.39 Å². The zero-order valence-electron chi connectivity index (χ0n) is 8.25. The molecule has 0 aliphatic heterocycles. The minimum atomic E-state index is -1.97. The predicted molar refractivity (Wildman–Crippen MR) is 55.7 cm³/mol. The van der Waals surface area contributed by atoms with Gasteiger partial charge in [0.05, 0.1) is 7.11 Å². The molecule has 1 unspecified atom stereocenters. The van der Waals surface area contributed by atoms with Gasteiger partial charge in [0.2, 0.25) is 0 Å². The Labute approximate surface area is 95.0 Å². The third-order valence-electron chi connectivity index (χ3n) is 2.04. The van der Waals surface area contributed by atoms with Crippen molar-refractivity contribution < 1.29 is 19.0 Å². The molecular weight excluding hydrogens is 267 g/mol. The first-order chi connectivity index (χ1) is 6.89. The topological polar surface area (TPSA) is 46.5 Å². The molecule has 0 bridgehead atoms. The lowest BCUT2D eigenvalue weighted by Gasteiger charge is -2.21. The fourth-order valence-corrected chi connectivity index (χ4v) is 1.53. The second kappa shape index (κ2) is 4.28. The largest absolute Gasteiger partial charge is 0.467 e. The van der Waals surface area contributed by atoms with Crippen molar-refractivity contribution in [3.63, 3.8) is 0 Å². The molecular formula is C10H10BrFO3. The lowest BCUT2D eigenvalue weighted by Crippen LogP contribution is -2.34. The van der Waals surface area contributed by atoms with Gasteiger partial charge in [-0.1, -0.05) is 22.0 Å². The Morgan fingerprint density at radius 3 is 2.67 bits per heavy atom. The molecule has 0 aromatic heterocycles. The minimum Gasteiger partial charge on any atom is -0.467 e. The van der Waals surface area contributed by atoms with Crippen LogP contribution in [0.25, 0.3) is 0 Å². The molecule has 0 aliphatic carbocycles. The summed E-state index contributed by atoms with van der Waals surface area (Å²) in [6.07, 6.45) is 0. The van der Waals surface area contributed by atoms with Crippen LogP contribution in [0.3, 0.4) is 0 Å². The molecule has 0 spiro atoms. The maximum Gasteiger partial charge on any atom is 0.342 e. The number of ether oxygens (including phenoxy) is 1. The highest BCUT2D eigenvalue weighted by Gasteiger charge is 2.36. The molecule has 1 aromatic rings. The smallest absolute Gasteiger partial charge is 0.342 e. The predicted octanol–water partition coefficient (Wildman–Crippen LogP) is 1.97. The Bertz CT molecular complexity index is 390. The SMILES string of the molecule is COC(=O)C(C)(O)c1ccc(Br)cc1F. The van der Waals surface area contributed by atoms with Gasteiger partial charge in [-0.15, -0.1) is 0 Å². The van der Waals surface area contributed by atoms with E-state index in [0.29, 0.717) is 4.47 Å². The van der Waals surface area contributed by atoms with Gasteiger partial charge in [0, 0.05) is 10.0 Å². The number of carbonyl (C=O) groups excluding carboxylic acids is 1. The molecule has 15 heavy (non-hydrogen) atoms. The van der Waals surface area contributed by atoms with E-state index in [2.05, 4.69) is 20.7 Å². The number of hydrogen-bond donors (Lipinski definition) is 1. The number of esters is 1. The van der Waals surface area contributed by atoms with Crippen molar-refractivity contribution in [2.45, 2.75) is 12.5 Å². The first kappa shape index (κ1) is 12.1. The summed E-state index contributed by atoms with van der Waals surface area (Å²) in [4.78, 5) is 11.2. The molecule has 1 atom stereocenters. The van der Waals surface area contributed by atoms with E-state index >= 15 is 0 Å². The molecule has 82 valence electrons. The number of halogens is 2. The van der Waals surface area contributed by atoms with Crippen LogP contribution >= 0.6 is 15.9 Å². The van der Waals surface area contributed by atoms with E-state index < -0.39 is 17.4 Å². The monoisotopic (exact) mass is 276 g/mol. The number of methoxy groups -OCH3 is 1. The summed E-state index contributed by atoms with van der Waals surface area (Å²) in [6, 6.07) is 4.04. The molecule has 0 radical (unpaired) electrons. The number of rotatable bonds is 2. The Morgan fingerprint density at radius 1 is 1.60 bits per heavy atom. The van der Waals surface area contributed by atoms with Crippen LogP contribution in [0.2, 0.25) is 0 Å². The highest BCUT2D eigenvalue weighted by atomic mass is 79.9. The van der Waals surface area contributed by atoms with Gasteiger partial charge < -0.3 is 9.84 Å². The molecule has 1 N–H and O–H groups in total. The Balaban J connectivity index is 3.21. The molecule has 1 aromatic carbocycles. The second-order valence-corrected chi connectivity index (χ2v) is 4.10. The summed E-state index contributed by atoms with van der Waals surface area (Å²) >= 11 is 3.08. The van der Waals surface area contributed by atoms with E-state index in [4.69, 9.17) is 0 Å². The average molecular weight is 277 g/mol. The molecule has 0 heterocycles. The van der Waals surface area contributed by atoms with Crippen LogP contribution in [-0.2, 0) is 15.1 Å². The van der Waals surface area contributed by atoms with Crippen LogP contribution < -0.4 is 0 Å². The Kier molecular flexibility index (Phi) is 3.46. The maximum absolute atomic E-state index is 13.4. The highest BCUT2D eigenvalue weighted by Crippen LogP contribution is 2.26. The third kappa shape index (κ3) is 2.35. The summed E-state index contributed by atoms with van der Waals surface area (Å²) in [6.45, 7) is 1.19. The third-order valence-corrected chi connectivity index (χ3v) is 2.53. The van der Waals surface area contributed by atoms with Gasteiger partial charge in [0.25, 0.3) is 0 Å². The molecule has 0 saturated carbocycles. The van der Waals surface area contributed by atoms with Gasteiger partial charge >= 0.3 is 5.97 Å². The van der Waals surface area contributed by atoms with Crippen LogP contribution in [0.1, 0.15) is 12.5 Å². The number of carbonyl (C=O) groups is 1. The normalized spacial score (nSPS) is 14.5. The lowest BCUT2D eigenvalue weighted by molar-refractivity contribution is -0.161. The van der Waals surface area contributed by atoms with Crippen molar-refractivity contribution in [1.82, 2.24) is 0 Å². The van der Waals surface area contributed by atoms with E-state index in [-0.39, 0.29) is 5.56 Å². The zero-order chi connectivity index (χ0) is 11.6. The highest BCUT2D eigenvalue weighted by molar-refractivity contribution is 9.10. The van der Waals surface area contributed by atoms with E-state index in [1.54, 1.807) is 0 Å². The van der Waals surface area contributed by atoms with Crippen molar-refractivity contribution in [3.8, 4) is 0 Å². The van der Waals surface area contributed by atoms with Gasteiger partial charge in [-0.3, -0.25) is 0 Å². The van der Waals surface area contributed by atoms with Gasteiger partial charge in [0.15, 0.2) is 5.60 Å². The first-order valence-electron chi connectivity index (χ1n) is 4.16. The fraction of sp³-hybridized carbons (Fsp3) is 0.300. The van der Waals surface area contributed by atoms with Crippen molar-refractivity contribution in [3.05, 3.63) is 34.1 Å². The number of aliphatic hydroxyl groups is 1. The first-order valence-corrected chi connectivity index (χ1v) is 4.95. The molecule has 5 heteroatoms. The molecule has 0 saturated heterocycles. The van der Waals surface area contributed by atoms with Crippen LogP contribution in [0.15, 0.2) is 22.7 Å². The van der Waals surface area contributed by atoms with Crippen LogP contribution in [-0.4, -0.2) is 18.2 Å². The summed E-state index contributed by atoms with van der Waals surface area (Å²) in [5.41, 5.74) is -2.09. The maximum atomic E-state index is 13.4. The van der Waals surface area contributed by atoms with E-state index in [1.807, 2.05) is 0 Å². The van der Waals surface area contributed by atoms with E-state index in [9.17, 15) is 14.3 Å². The minimum absolute atomic E-state index is 0.113. The Hall–Kier alpha value is -0.940. The standard InChI is InChI=1S/C10H10BrFO3/c1-10(14,9(13)15-2)7-4-3-6(11)5-8(7)12/h3-5,14H,1-2H3. The summed E-state index contributed by atoms with van der Waals surface area (Å²) in [7, 11) is 1.13. The average Bonchev–Trinajstić information content (AvgIpc) is 2.15. The van der Waals surface area contributed by atoms with Crippen molar-refractivity contribution in [2.75, 3.05) is 7.11 Å². The van der Waals surface area contributed by atoms with Crippen LogP contribution in [0, 0.1) is 5.82 Å². The molecule has 0 amide bonds. The van der Waals surface area contributed by atoms with Gasteiger partial charge in [-0.2, -0.15) is 0 Å². The number of benzene rings is 1. The zero-order valence-corrected chi connectivity index (χ0v) is 9.84. The molecule has 3 nitrogen and oxygen atoms in total. The quantitative estimate of drug-likeness (QED) is 0.841. The van der Waals surface area contributed by atoms with Crippen LogP contribution in [0.5, 0.6) is 0 Å². The lowest BCUT2D eigenvalue weighted by atomic mass is 9.96. The van der Waals surface area contributed by atoms with Gasteiger partial charge in [-0.25, -0.2) is 9.18 Å². The van der Waals surface area contributed by atoms with E-state index in [1.165, 1.54) is 25.1 Å².